The van der Waals surface area contributed by atoms with Gasteiger partial charge in [0, 0.05) is 6.42 Å². The molecule has 1 aromatic rings. The summed E-state index contributed by atoms with van der Waals surface area (Å²) in [6.45, 7) is 0. The van der Waals surface area contributed by atoms with E-state index in [9.17, 15) is 4.79 Å². The summed E-state index contributed by atoms with van der Waals surface area (Å²) in [4.78, 5) is 12.1. The van der Waals surface area contributed by atoms with Gasteiger partial charge in [-0.25, -0.2) is 0 Å². The van der Waals surface area contributed by atoms with Crippen LogP contribution in [-0.2, 0) is 22.4 Å². The Morgan fingerprint density at radius 3 is 2.74 bits per heavy atom. The highest BCUT2D eigenvalue weighted by Gasteiger charge is 2.26. The molecule has 0 aliphatic heterocycles. The number of carbonyl (C=O) groups excluding carboxylic acids is 1. The number of carbonyl (C=O) groups is 1. The van der Waals surface area contributed by atoms with Gasteiger partial charge in [0.25, 0.3) is 0 Å². The average molecular weight is 256 g/mol. The summed E-state index contributed by atoms with van der Waals surface area (Å²) in [5.74, 6) is 0.0934. The van der Waals surface area contributed by atoms with Gasteiger partial charge in [-0.05, 0) is 43.2 Å². The first-order chi connectivity index (χ1) is 9.33. The molecule has 100 valence electrons. The molecule has 0 saturated carbocycles. The molecule has 1 aromatic carbocycles. The number of allylic oxidation sites excluding steroid dienone is 2. The van der Waals surface area contributed by atoms with Crippen LogP contribution in [0.1, 0.15) is 36.8 Å². The second-order valence-corrected chi connectivity index (χ2v) is 5.55. The fourth-order valence-corrected chi connectivity index (χ4v) is 3.03. The highest BCUT2D eigenvalue weighted by atomic mass is 16.5. The number of hydrogen-bond donors (Lipinski definition) is 0. The molecule has 19 heavy (non-hydrogen) atoms. The molecule has 0 amide bonds. The third-order valence-corrected chi connectivity index (χ3v) is 4.19. The third-order valence-electron chi connectivity index (χ3n) is 4.19. The summed E-state index contributed by atoms with van der Waals surface area (Å²) in [6.07, 6.45) is 10.0. The largest absolute Gasteiger partial charge is 0.462 e. The molecule has 2 atom stereocenters. The van der Waals surface area contributed by atoms with Gasteiger partial charge in [0.05, 0.1) is 5.92 Å². The lowest BCUT2D eigenvalue weighted by atomic mass is 9.89. The van der Waals surface area contributed by atoms with Crippen LogP contribution in [-0.4, -0.2) is 12.1 Å². The van der Waals surface area contributed by atoms with E-state index in [2.05, 4.69) is 36.4 Å². The van der Waals surface area contributed by atoms with Crippen LogP contribution in [0, 0.1) is 5.92 Å². The fraction of sp³-hybridized carbons (Fsp3) is 0.471. The predicted molar refractivity (Wildman–Crippen MR) is 74.8 cm³/mol. The summed E-state index contributed by atoms with van der Waals surface area (Å²) >= 11 is 0. The van der Waals surface area contributed by atoms with E-state index in [4.69, 9.17) is 4.74 Å². The van der Waals surface area contributed by atoms with Crippen molar-refractivity contribution in [2.75, 3.05) is 0 Å². The summed E-state index contributed by atoms with van der Waals surface area (Å²) in [6, 6.07) is 8.48. The third kappa shape index (κ3) is 2.89. The molecule has 2 aliphatic carbocycles. The van der Waals surface area contributed by atoms with E-state index in [0.717, 1.165) is 38.5 Å². The molecule has 0 aromatic heterocycles. The standard InChI is InChI=1S/C17H20O2/c18-17(14-7-2-1-3-8-14)19-16-11-10-13-6-4-5-9-15(13)12-16/h1-2,4-6,9,14,16H,3,7-8,10-12H2. The molecule has 0 bridgehead atoms. The second kappa shape index (κ2) is 5.60. The van der Waals surface area contributed by atoms with Crippen molar-refractivity contribution in [1.82, 2.24) is 0 Å². The van der Waals surface area contributed by atoms with Crippen molar-refractivity contribution in [1.29, 1.82) is 0 Å². The van der Waals surface area contributed by atoms with E-state index in [1.807, 2.05) is 0 Å². The minimum atomic E-state index is 0.00808. The fourth-order valence-electron chi connectivity index (χ4n) is 3.03. The molecule has 3 rings (SSSR count). The number of fused-ring (bicyclic) bond motifs is 1. The van der Waals surface area contributed by atoms with Crippen LogP contribution in [0.4, 0.5) is 0 Å². The predicted octanol–water partition coefficient (Wildman–Crippen LogP) is 3.44. The molecular weight excluding hydrogens is 236 g/mol. The molecule has 2 unspecified atom stereocenters. The number of esters is 1. The zero-order valence-electron chi connectivity index (χ0n) is 11.2. The van der Waals surface area contributed by atoms with Gasteiger partial charge >= 0.3 is 5.97 Å². The molecule has 0 radical (unpaired) electrons. The molecule has 0 N–H and O–H groups in total. The quantitative estimate of drug-likeness (QED) is 0.598. The molecule has 0 saturated heterocycles. The Labute approximate surface area is 114 Å². The van der Waals surface area contributed by atoms with Crippen LogP contribution >= 0.6 is 0 Å². The molecule has 2 nitrogen and oxygen atoms in total. The van der Waals surface area contributed by atoms with Gasteiger partial charge in [0.15, 0.2) is 0 Å². The molecule has 0 fully saturated rings. The number of aryl methyl sites for hydroxylation is 1. The first kappa shape index (κ1) is 12.5. The van der Waals surface area contributed by atoms with Gasteiger partial charge in [0.2, 0.25) is 0 Å². The molecule has 2 heteroatoms. The number of hydrogen-bond acceptors (Lipinski definition) is 2. The Kier molecular flexibility index (Phi) is 3.67. The van der Waals surface area contributed by atoms with E-state index in [1.165, 1.54) is 11.1 Å². The Hall–Kier alpha value is -1.57. The lowest BCUT2D eigenvalue weighted by Crippen LogP contribution is -2.29. The second-order valence-electron chi connectivity index (χ2n) is 5.55. The Bertz CT molecular complexity index is 490. The Balaban J connectivity index is 1.60. The SMILES string of the molecule is O=C(OC1CCc2ccccc2C1)C1CC=CCC1. The summed E-state index contributed by atoms with van der Waals surface area (Å²) in [7, 11) is 0. The van der Waals surface area contributed by atoms with Crippen LogP contribution in [0.25, 0.3) is 0 Å². The van der Waals surface area contributed by atoms with E-state index in [1.54, 1.807) is 0 Å². The lowest BCUT2D eigenvalue weighted by molar-refractivity contribution is -0.154. The van der Waals surface area contributed by atoms with E-state index >= 15 is 0 Å². The van der Waals surface area contributed by atoms with E-state index in [0.29, 0.717) is 0 Å². The van der Waals surface area contributed by atoms with Crippen molar-refractivity contribution in [3.05, 3.63) is 47.5 Å². The van der Waals surface area contributed by atoms with Gasteiger partial charge < -0.3 is 4.74 Å². The zero-order valence-corrected chi connectivity index (χ0v) is 11.2. The monoisotopic (exact) mass is 256 g/mol. The Morgan fingerprint density at radius 2 is 1.95 bits per heavy atom. The Morgan fingerprint density at radius 1 is 1.11 bits per heavy atom. The minimum Gasteiger partial charge on any atom is -0.462 e. The maximum absolute atomic E-state index is 12.1. The van der Waals surface area contributed by atoms with Crippen molar-refractivity contribution in [2.45, 2.75) is 44.6 Å². The van der Waals surface area contributed by atoms with Gasteiger partial charge in [-0.2, -0.15) is 0 Å². The maximum Gasteiger partial charge on any atom is 0.309 e. The van der Waals surface area contributed by atoms with Crippen LogP contribution in [0.15, 0.2) is 36.4 Å². The van der Waals surface area contributed by atoms with Crippen molar-refractivity contribution in [3.8, 4) is 0 Å². The molecule has 0 heterocycles. The molecule has 0 spiro atoms. The van der Waals surface area contributed by atoms with Crippen molar-refractivity contribution in [2.24, 2.45) is 5.92 Å². The average Bonchev–Trinajstić information content (AvgIpc) is 2.48. The van der Waals surface area contributed by atoms with Crippen molar-refractivity contribution in [3.63, 3.8) is 0 Å². The van der Waals surface area contributed by atoms with Crippen molar-refractivity contribution < 1.29 is 9.53 Å². The number of benzene rings is 1. The summed E-state index contributed by atoms with van der Waals surface area (Å²) in [5, 5.41) is 0. The van der Waals surface area contributed by atoms with Gasteiger partial charge in [-0.1, -0.05) is 36.4 Å². The maximum atomic E-state index is 12.1. The van der Waals surface area contributed by atoms with E-state index in [-0.39, 0.29) is 18.0 Å². The van der Waals surface area contributed by atoms with Crippen LogP contribution in [0.5, 0.6) is 0 Å². The van der Waals surface area contributed by atoms with Crippen LogP contribution < -0.4 is 0 Å². The molecular formula is C17H20O2. The van der Waals surface area contributed by atoms with Crippen LogP contribution in [0.2, 0.25) is 0 Å². The van der Waals surface area contributed by atoms with Gasteiger partial charge in [-0.3, -0.25) is 4.79 Å². The van der Waals surface area contributed by atoms with E-state index < -0.39 is 0 Å². The van der Waals surface area contributed by atoms with Crippen LogP contribution in [0.3, 0.4) is 0 Å². The minimum absolute atomic E-state index is 0.00808. The first-order valence-corrected chi connectivity index (χ1v) is 7.25. The summed E-state index contributed by atoms with van der Waals surface area (Å²) in [5.41, 5.74) is 2.76. The van der Waals surface area contributed by atoms with Gasteiger partial charge in [0.1, 0.15) is 6.10 Å². The summed E-state index contributed by atoms with van der Waals surface area (Å²) < 4.78 is 5.71. The lowest BCUT2D eigenvalue weighted by Gasteiger charge is -2.26. The zero-order chi connectivity index (χ0) is 13.1. The smallest absolute Gasteiger partial charge is 0.309 e. The molecule has 2 aliphatic rings. The number of ether oxygens (including phenoxy) is 1. The highest BCUT2D eigenvalue weighted by molar-refractivity contribution is 5.73. The first-order valence-electron chi connectivity index (χ1n) is 7.25. The number of rotatable bonds is 2. The topological polar surface area (TPSA) is 26.3 Å². The van der Waals surface area contributed by atoms with Crippen molar-refractivity contribution >= 4 is 5.97 Å². The highest BCUT2D eigenvalue weighted by Crippen LogP contribution is 2.25. The van der Waals surface area contributed by atoms with Gasteiger partial charge in [-0.15, -0.1) is 0 Å². The normalized spacial score (nSPS) is 25.7.